The molecule has 0 radical (unpaired) electrons. The van der Waals surface area contributed by atoms with Crippen LogP contribution in [0.15, 0.2) is 58.5 Å². The summed E-state index contributed by atoms with van der Waals surface area (Å²) in [6.45, 7) is 3.52. The summed E-state index contributed by atoms with van der Waals surface area (Å²) in [6.07, 6.45) is 4.29. The maximum atomic E-state index is 12.5. The first-order valence-electron chi connectivity index (χ1n) is 9.79. The van der Waals surface area contributed by atoms with E-state index < -0.39 is 17.9 Å². The Hall–Kier alpha value is -2.94. The van der Waals surface area contributed by atoms with Crippen LogP contribution < -0.4 is 0 Å². The van der Waals surface area contributed by atoms with E-state index in [2.05, 4.69) is 10.2 Å². The number of carbonyl (C=O) groups is 2. The zero-order chi connectivity index (χ0) is 21.4. The predicted octanol–water partition coefficient (Wildman–Crippen LogP) is 3.08. The van der Waals surface area contributed by atoms with Gasteiger partial charge in [0, 0.05) is 41.1 Å². The number of hydrogen-bond donors (Lipinski definition) is 1. The number of rotatable bonds is 8. The summed E-state index contributed by atoms with van der Waals surface area (Å²) in [5, 5.41) is 12.7. The number of amides is 1. The average Bonchev–Trinajstić information content (AvgIpc) is 3.30. The fourth-order valence-electron chi connectivity index (χ4n) is 4.38. The molecular weight excluding hydrogens is 404 g/mol. The van der Waals surface area contributed by atoms with Crippen LogP contribution in [0.2, 0.25) is 0 Å². The van der Waals surface area contributed by atoms with Gasteiger partial charge < -0.3 is 14.6 Å². The molecule has 0 aliphatic carbocycles. The Morgan fingerprint density at radius 3 is 2.73 bits per heavy atom. The number of nitrogens with zero attached hydrogens (tertiary/aromatic N) is 4. The summed E-state index contributed by atoms with van der Waals surface area (Å²) in [4.78, 5) is 41.8. The van der Waals surface area contributed by atoms with E-state index in [0.29, 0.717) is 17.1 Å². The van der Waals surface area contributed by atoms with Crippen molar-refractivity contribution in [2.24, 2.45) is 17.0 Å². The zero-order valence-corrected chi connectivity index (χ0v) is 17.5. The molecule has 4 atom stereocenters. The zero-order valence-electron chi connectivity index (χ0n) is 16.6. The third-order valence-corrected chi connectivity index (χ3v) is 7.10. The Morgan fingerprint density at radius 2 is 2.07 bits per heavy atom. The van der Waals surface area contributed by atoms with Gasteiger partial charge in [0.25, 0.3) is 0 Å². The van der Waals surface area contributed by atoms with Gasteiger partial charge in [-0.15, -0.1) is 11.8 Å². The third-order valence-electron chi connectivity index (χ3n) is 5.81. The summed E-state index contributed by atoms with van der Waals surface area (Å²) in [7, 11) is 0. The second kappa shape index (κ2) is 8.06. The molecule has 0 spiro atoms. The van der Waals surface area contributed by atoms with Crippen LogP contribution in [0.25, 0.3) is 5.69 Å². The molecule has 2 aromatic rings. The molecule has 9 heteroatoms. The quantitative estimate of drug-likeness (QED) is 0.514. The van der Waals surface area contributed by atoms with E-state index >= 15 is 0 Å². The van der Waals surface area contributed by atoms with E-state index in [-0.39, 0.29) is 23.6 Å². The number of β-lactam (4-membered cyclic amide) rings is 1. The van der Waals surface area contributed by atoms with Crippen LogP contribution in [0.4, 0.5) is 0 Å². The number of thioether (sulfide) groups is 1. The van der Waals surface area contributed by atoms with Crippen molar-refractivity contribution in [1.29, 1.82) is 0 Å². The van der Waals surface area contributed by atoms with Gasteiger partial charge in [-0.05, 0) is 19.1 Å². The molecule has 3 heterocycles. The third kappa shape index (κ3) is 3.23. The minimum Gasteiger partial charge on any atom is -0.477 e. The van der Waals surface area contributed by atoms with Crippen molar-refractivity contribution >= 4 is 23.6 Å². The van der Waals surface area contributed by atoms with Crippen molar-refractivity contribution in [2.75, 3.05) is 5.75 Å². The number of carboxylic acid groups (broad SMARTS) is 1. The van der Waals surface area contributed by atoms with Crippen LogP contribution in [0.5, 0.6) is 0 Å². The number of para-hydroxylation sites is 1. The van der Waals surface area contributed by atoms with E-state index in [0.717, 1.165) is 11.5 Å². The van der Waals surface area contributed by atoms with Crippen molar-refractivity contribution in [1.82, 2.24) is 14.5 Å². The summed E-state index contributed by atoms with van der Waals surface area (Å²) in [5.41, 5.74) is 1.06. The van der Waals surface area contributed by atoms with E-state index in [1.165, 1.54) is 16.7 Å². The first-order valence-corrected chi connectivity index (χ1v) is 10.8. The summed E-state index contributed by atoms with van der Waals surface area (Å²) in [5.74, 6) is -0.638. The van der Waals surface area contributed by atoms with E-state index in [1.54, 1.807) is 13.1 Å². The van der Waals surface area contributed by atoms with Gasteiger partial charge in [0.05, 0.1) is 12.0 Å². The van der Waals surface area contributed by atoms with Gasteiger partial charge in [-0.3, -0.25) is 4.79 Å². The first kappa shape index (κ1) is 20.3. The first-order chi connectivity index (χ1) is 14.5. The minimum atomic E-state index is -1.11. The van der Waals surface area contributed by atoms with E-state index in [4.69, 9.17) is 0 Å². The molecule has 0 saturated carbocycles. The Morgan fingerprint density at radius 1 is 1.33 bits per heavy atom. The number of imidazole rings is 1. The summed E-state index contributed by atoms with van der Waals surface area (Å²) < 4.78 is 2.01. The fourth-order valence-corrected chi connectivity index (χ4v) is 5.61. The number of nitroso groups, excluding NO2 is 1. The Labute approximate surface area is 178 Å². The molecule has 1 aromatic carbocycles. The molecule has 1 saturated heterocycles. The topological polar surface area (TPSA) is 105 Å². The number of hydrogen-bond acceptors (Lipinski definition) is 6. The molecule has 1 N–H and O–H groups in total. The van der Waals surface area contributed by atoms with Crippen molar-refractivity contribution in [3.05, 3.63) is 64.1 Å². The molecular formula is C21H22N4O4S. The molecule has 156 valence electrons. The van der Waals surface area contributed by atoms with Crippen LogP contribution >= 0.6 is 11.8 Å². The molecule has 4 unspecified atom stereocenters. The maximum absolute atomic E-state index is 12.5. The highest BCUT2D eigenvalue weighted by Gasteiger charge is 2.60. The van der Waals surface area contributed by atoms with Gasteiger partial charge in [-0.1, -0.05) is 30.3 Å². The van der Waals surface area contributed by atoms with Gasteiger partial charge in [-0.25, -0.2) is 9.78 Å². The second-order valence-corrected chi connectivity index (χ2v) is 8.66. The van der Waals surface area contributed by atoms with Crippen LogP contribution in [-0.2, 0) is 16.0 Å². The van der Waals surface area contributed by atoms with Crippen molar-refractivity contribution in [2.45, 2.75) is 32.4 Å². The lowest BCUT2D eigenvalue weighted by atomic mass is 9.78. The minimum absolute atomic E-state index is 0.0447. The SMILES string of the molecule is CC(N=O)C1C(=O)N2C(C(=O)O)=C(SCCc3nccn3-c3ccccc3)C(C)C12. The number of benzene rings is 1. The Kier molecular flexibility index (Phi) is 5.46. The normalized spacial score (nSPS) is 23.9. The standard InChI is InChI=1S/C21H22N4O4S/c1-12-17-16(13(2)23-29)20(26)25(17)18(21(27)28)19(12)30-11-8-15-22-9-10-24(15)14-6-4-3-5-7-14/h3-7,9-10,12-13,16-17H,8,11H2,1-2H3,(H,27,28). The number of aromatic nitrogens is 2. The fraction of sp³-hybridized carbons (Fsp3) is 0.381. The highest BCUT2D eigenvalue weighted by Crippen LogP contribution is 2.50. The van der Waals surface area contributed by atoms with Gasteiger partial charge in [0.1, 0.15) is 17.6 Å². The molecule has 1 fully saturated rings. The number of aryl methyl sites for hydroxylation is 1. The largest absolute Gasteiger partial charge is 0.477 e. The van der Waals surface area contributed by atoms with Gasteiger partial charge in [0.2, 0.25) is 5.91 Å². The van der Waals surface area contributed by atoms with Gasteiger partial charge in [0.15, 0.2) is 0 Å². The molecule has 0 bridgehead atoms. The van der Waals surface area contributed by atoms with Gasteiger partial charge in [-0.2, -0.15) is 4.91 Å². The van der Waals surface area contributed by atoms with Gasteiger partial charge >= 0.3 is 5.97 Å². The van der Waals surface area contributed by atoms with E-state index in [9.17, 15) is 19.6 Å². The lowest BCUT2D eigenvalue weighted by Crippen LogP contribution is -2.63. The number of fused-ring (bicyclic) bond motifs is 1. The van der Waals surface area contributed by atoms with Crippen LogP contribution in [0.1, 0.15) is 19.7 Å². The Balaban J connectivity index is 1.50. The second-order valence-electron chi connectivity index (χ2n) is 7.52. The molecule has 8 nitrogen and oxygen atoms in total. The van der Waals surface area contributed by atoms with Crippen molar-refractivity contribution < 1.29 is 14.7 Å². The highest BCUT2D eigenvalue weighted by atomic mass is 32.2. The maximum Gasteiger partial charge on any atom is 0.353 e. The summed E-state index contributed by atoms with van der Waals surface area (Å²) in [6, 6.07) is 8.90. The number of aliphatic carboxylic acids is 1. The lowest BCUT2D eigenvalue weighted by Gasteiger charge is -2.45. The molecule has 4 rings (SSSR count). The predicted molar refractivity (Wildman–Crippen MR) is 113 cm³/mol. The lowest BCUT2D eigenvalue weighted by molar-refractivity contribution is -0.157. The monoisotopic (exact) mass is 426 g/mol. The molecule has 2 aliphatic rings. The molecule has 30 heavy (non-hydrogen) atoms. The highest BCUT2D eigenvalue weighted by molar-refractivity contribution is 8.03. The smallest absolute Gasteiger partial charge is 0.353 e. The van der Waals surface area contributed by atoms with Crippen LogP contribution in [0.3, 0.4) is 0 Å². The molecule has 1 aromatic heterocycles. The van der Waals surface area contributed by atoms with Crippen molar-refractivity contribution in [3.63, 3.8) is 0 Å². The molecule has 1 amide bonds. The van der Waals surface area contributed by atoms with E-state index in [1.807, 2.05) is 48.0 Å². The number of carboxylic acids is 1. The van der Waals surface area contributed by atoms with Crippen LogP contribution in [0, 0.1) is 16.7 Å². The van der Waals surface area contributed by atoms with Crippen LogP contribution in [-0.4, -0.2) is 49.3 Å². The summed E-state index contributed by atoms with van der Waals surface area (Å²) >= 11 is 1.44. The van der Waals surface area contributed by atoms with Crippen molar-refractivity contribution in [3.8, 4) is 5.69 Å². The number of carbonyl (C=O) groups excluding carboxylic acids is 1. The average molecular weight is 426 g/mol. The Bertz CT molecular complexity index is 1020. The molecule has 2 aliphatic heterocycles.